The number of nitrogens with zero attached hydrogens (tertiary/aromatic N) is 1. The lowest BCUT2D eigenvalue weighted by Gasteiger charge is -2.31. The molecule has 1 atom stereocenters. The second-order valence-corrected chi connectivity index (χ2v) is 10.6. The van der Waals surface area contributed by atoms with E-state index in [1.54, 1.807) is 13.8 Å². The van der Waals surface area contributed by atoms with E-state index in [1.165, 1.54) is 20.8 Å². The number of alkyl carbamates (subject to hydrolysis) is 1. The zero-order chi connectivity index (χ0) is 28.3. The van der Waals surface area contributed by atoms with Gasteiger partial charge in [-0.1, -0.05) is 13.8 Å². The minimum Gasteiger partial charge on any atom is -0.463 e. The SMILES string of the molecule is Cc1oc(=O)oc1COC(=O)SC(C)(C)[C@@H](NC(=O)OCOC(=O)C(C)C)C(=O)OCCN1CCOCC1. The van der Waals surface area contributed by atoms with Gasteiger partial charge in [-0.05, 0) is 32.5 Å². The number of nitrogens with one attached hydrogen (secondary N) is 1. The molecule has 214 valence electrons. The average molecular weight is 563 g/mol. The summed E-state index contributed by atoms with van der Waals surface area (Å²) in [4.78, 5) is 62.7. The van der Waals surface area contributed by atoms with Crippen LogP contribution in [0.5, 0.6) is 0 Å². The number of esters is 2. The van der Waals surface area contributed by atoms with E-state index in [4.69, 9.17) is 32.5 Å². The van der Waals surface area contributed by atoms with Gasteiger partial charge in [0, 0.05) is 19.6 Å². The molecule has 0 unspecified atom stereocenters. The van der Waals surface area contributed by atoms with Crippen molar-refractivity contribution in [2.24, 2.45) is 5.92 Å². The van der Waals surface area contributed by atoms with Crippen molar-refractivity contribution in [2.75, 3.05) is 46.2 Å². The number of aryl methyl sites for hydroxylation is 1. The Morgan fingerprint density at radius 3 is 2.32 bits per heavy atom. The fourth-order valence-electron chi connectivity index (χ4n) is 3.10. The number of morpholine rings is 1. The number of hydrogen-bond acceptors (Lipinski definition) is 14. The highest BCUT2D eigenvalue weighted by atomic mass is 32.2. The van der Waals surface area contributed by atoms with Gasteiger partial charge in [0.15, 0.2) is 18.1 Å². The first-order chi connectivity index (χ1) is 17.9. The lowest BCUT2D eigenvalue weighted by Crippen LogP contribution is -2.54. The predicted molar refractivity (Wildman–Crippen MR) is 131 cm³/mol. The van der Waals surface area contributed by atoms with Gasteiger partial charge in [-0.25, -0.2) is 19.2 Å². The van der Waals surface area contributed by atoms with Crippen LogP contribution in [0.3, 0.4) is 0 Å². The average Bonchev–Trinajstić information content (AvgIpc) is 3.17. The smallest absolute Gasteiger partial charge is 0.463 e. The summed E-state index contributed by atoms with van der Waals surface area (Å²) in [6.45, 7) is 9.79. The Morgan fingerprint density at radius 1 is 1.03 bits per heavy atom. The Hall–Kier alpha value is -3.04. The molecule has 0 saturated carbocycles. The molecule has 0 radical (unpaired) electrons. The number of carbonyl (C=O) groups is 4. The van der Waals surface area contributed by atoms with Crippen LogP contribution in [0.4, 0.5) is 9.59 Å². The van der Waals surface area contributed by atoms with Gasteiger partial charge in [0.2, 0.25) is 6.79 Å². The molecule has 1 aromatic heterocycles. The molecule has 1 fully saturated rings. The van der Waals surface area contributed by atoms with Crippen molar-refractivity contribution in [3.63, 3.8) is 0 Å². The molecule has 1 amide bonds. The summed E-state index contributed by atoms with van der Waals surface area (Å²) in [5, 5.41) is 1.56. The number of rotatable bonds is 12. The van der Waals surface area contributed by atoms with E-state index < -0.39 is 52.7 Å². The molecule has 0 aliphatic carbocycles. The molecule has 2 heterocycles. The van der Waals surface area contributed by atoms with E-state index in [1.807, 2.05) is 0 Å². The van der Waals surface area contributed by atoms with E-state index in [-0.39, 0.29) is 24.7 Å². The van der Waals surface area contributed by atoms with Crippen LogP contribution in [0.25, 0.3) is 0 Å². The summed E-state index contributed by atoms with van der Waals surface area (Å²) >= 11 is 0.611. The van der Waals surface area contributed by atoms with Crippen molar-refractivity contribution in [1.29, 1.82) is 0 Å². The standard InChI is InChI=1S/C23H34N2O12S/c1-14(2)18(26)34-13-35-20(28)24-17(19(27)32-11-8-25-6-9-31-10-7-25)23(4,5)38-22(30)33-12-16-15(3)36-21(29)37-16/h14,17H,6-13H2,1-5H3,(H,24,28)/t17-/m0/s1. The fourth-order valence-corrected chi connectivity index (χ4v) is 3.92. The Morgan fingerprint density at radius 2 is 1.71 bits per heavy atom. The highest BCUT2D eigenvalue weighted by Gasteiger charge is 2.41. The van der Waals surface area contributed by atoms with Crippen molar-refractivity contribution >= 4 is 35.1 Å². The number of hydrogen-bond donors (Lipinski definition) is 1. The summed E-state index contributed by atoms with van der Waals surface area (Å²) in [5.74, 6) is -2.52. The third-order valence-electron chi connectivity index (χ3n) is 5.31. The van der Waals surface area contributed by atoms with Crippen molar-refractivity contribution in [3.05, 3.63) is 22.1 Å². The third-order valence-corrected chi connectivity index (χ3v) is 6.36. The van der Waals surface area contributed by atoms with Crippen molar-refractivity contribution in [2.45, 2.75) is 52.0 Å². The maximum absolute atomic E-state index is 13.0. The molecular weight excluding hydrogens is 528 g/mol. The Kier molecular flexibility index (Phi) is 12.1. The van der Waals surface area contributed by atoms with Crippen LogP contribution in [-0.2, 0) is 39.9 Å². The second kappa shape index (κ2) is 14.8. The Balaban J connectivity index is 2.00. The molecule has 15 heteroatoms. The van der Waals surface area contributed by atoms with Crippen LogP contribution in [0, 0.1) is 12.8 Å². The summed E-state index contributed by atoms with van der Waals surface area (Å²) in [7, 11) is 0. The number of amides is 1. The number of carbonyl (C=O) groups excluding carboxylic acids is 4. The highest BCUT2D eigenvalue weighted by Crippen LogP contribution is 2.31. The summed E-state index contributed by atoms with van der Waals surface area (Å²) in [5.41, 5.74) is 0. The minimum absolute atomic E-state index is 0.0403. The Bertz CT molecular complexity index is 1010. The molecule has 1 aliphatic rings. The van der Waals surface area contributed by atoms with E-state index in [2.05, 4.69) is 10.2 Å². The van der Waals surface area contributed by atoms with Gasteiger partial charge in [-0.2, -0.15) is 0 Å². The van der Waals surface area contributed by atoms with Crippen molar-refractivity contribution in [3.8, 4) is 0 Å². The third kappa shape index (κ3) is 10.4. The van der Waals surface area contributed by atoms with E-state index in [0.717, 1.165) is 0 Å². The molecule has 38 heavy (non-hydrogen) atoms. The molecule has 0 spiro atoms. The van der Waals surface area contributed by atoms with Crippen molar-refractivity contribution < 1.29 is 51.7 Å². The van der Waals surface area contributed by atoms with E-state index >= 15 is 0 Å². The maximum Gasteiger partial charge on any atom is 0.519 e. The molecule has 1 aliphatic heterocycles. The number of ether oxygens (including phenoxy) is 5. The first-order valence-corrected chi connectivity index (χ1v) is 12.7. The molecule has 2 rings (SSSR count). The van der Waals surface area contributed by atoms with Gasteiger partial charge in [0.05, 0.1) is 23.9 Å². The van der Waals surface area contributed by atoms with Crippen LogP contribution in [0.15, 0.2) is 13.6 Å². The zero-order valence-corrected chi connectivity index (χ0v) is 22.9. The van der Waals surface area contributed by atoms with Gasteiger partial charge in [0.25, 0.3) is 0 Å². The topological polar surface area (TPSA) is 173 Å². The lowest BCUT2D eigenvalue weighted by molar-refractivity contribution is -0.156. The zero-order valence-electron chi connectivity index (χ0n) is 22.1. The molecule has 0 aromatic carbocycles. The highest BCUT2D eigenvalue weighted by molar-refractivity contribution is 8.14. The monoisotopic (exact) mass is 562 g/mol. The van der Waals surface area contributed by atoms with Gasteiger partial charge in [-0.15, -0.1) is 0 Å². The number of thioether (sulfide) groups is 1. The lowest BCUT2D eigenvalue weighted by atomic mass is 10.0. The van der Waals surface area contributed by atoms with E-state index in [0.29, 0.717) is 44.6 Å². The largest absolute Gasteiger partial charge is 0.519 e. The molecule has 1 N–H and O–H groups in total. The fraction of sp³-hybridized carbons (Fsp3) is 0.696. The first-order valence-electron chi connectivity index (χ1n) is 11.9. The van der Waals surface area contributed by atoms with E-state index in [9.17, 15) is 24.0 Å². The van der Waals surface area contributed by atoms with Gasteiger partial charge in [-0.3, -0.25) is 9.69 Å². The molecule has 0 bridgehead atoms. The van der Waals surface area contributed by atoms with Crippen LogP contribution < -0.4 is 11.1 Å². The van der Waals surface area contributed by atoms with Gasteiger partial charge < -0.3 is 37.8 Å². The predicted octanol–water partition coefficient (Wildman–Crippen LogP) is 1.82. The summed E-state index contributed by atoms with van der Waals surface area (Å²) in [6.07, 6.45) is -1.06. The Labute approximate surface area is 223 Å². The molecular formula is C23H34N2O12S. The van der Waals surface area contributed by atoms with Crippen LogP contribution in [0.1, 0.15) is 39.2 Å². The quantitative estimate of drug-likeness (QED) is 0.222. The van der Waals surface area contributed by atoms with Crippen LogP contribution >= 0.6 is 11.8 Å². The molecule has 14 nitrogen and oxygen atoms in total. The maximum atomic E-state index is 13.0. The minimum atomic E-state index is -1.35. The van der Waals surface area contributed by atoms with Gasteiger partial charge >= 0.3 is 29.2 Å². The van der Waals surface area contributed by atoms with Crippen LogP contribution in [0.2, 0.25) is 0 Å². The first kappa shape index (κ1) is 31.2. The summed E-state index contributed by atoms with van der Waals surface area (Å²) in [6, 6.07) is -1.35. The normalized spacial score (nSPS) is 15.0. The second-order valence-electron chi connectivity index (χ2n) is 9.04. The van der Waals surface area contributed by atoms with Gasteiger partial charge in [0.1, 0.15) is 12.6 Å². The molecule has 1 saturated heterocycles. The molecule has 1 aromatic rings. The van der Waals surface area contributed by atoms with Crippen LogP contribution in [-0.4, -0.2) is 85.3 Å². The van der Waals surface area contributed by atoms with Crippen molar-refractivity contribution in [1.82, 2.24) is 10.2 Å². The summed E-state index contributed by atoms with van der Waals surface area (Å²) < 4.78 is 33.7.